The Hall–Kier alpha value is -2.76. The number of phenols is 2. The fourth-order valence-corrected chi connectivity index (χ4v) is 2.86. The molecule has 0 spiro atoms. The molecule has 1 aliphatic rings. The summed E-state index contributed by atoms with van der Waals surface area (Å²) in [6.07, 6.45) is 0.440. The third kappa shape index (κ3) is 2.99. The number of nitrogens with zero attached hydrogens (tertiary/aromatic N) is 1. The second-order valence-electron chi connectivity index (χ2n) is 6.16. The summed E-state index contributed by atoms with van der Waals surface area (Å²) < 4.78 is 10.7. The third-order valence-corrected chi connectivity index (χ3v) is 4.18. The molecule has 3 rings (SSSR count). The molecule has 0 radical (unpaired) electrons. The van der Waals surface area contributed by atoms with Gasteiger partial charge < -0.3 is 19.7 Å². The summed E-state index contributed by atoms with van der Waals surface area (Å²) in [7, 11) is 0. The Bertz CT molecular complexity index is 774. The molecule has 1 atom stereocenters. The van der Waals surface area contributed by atoms with Crippen LogP contribution >= 0.6 is 0 Å². The molecule has 6 nitrogen and oxygen atoms in total. The smallest absolute Gasteiger partial charge is 0.231 e. The Morgan fingerprint density at radius 2 is 1.75 bits per heavy atom. The van der Waals surface area contributed by atoms with Crippen LogP contribution in [0, 0.1) is 5.53 Å². The van der Waals surface area contributed by atoms with Crippen LogP contribution in [0.5, 0.6) is 23.0 Å². The third-order valence-electron chi connectivity index (χ3n) is 4.18. The summed E-state index contributed by atoms with van der Waals surface area (Å²) in [5.74, 6) is 1.47. The molecule has 2 aromatic rings. The standard InChI is InChI=1S/C18H20N2O4/c1-10(2)12-7-13(16(22)8-15(12)21)14(20-19)5-11-3-4-17-18(6-11)24-9-23-17/h3-4,6-8,10,14,19,21-22H,5,9H2,1-2H3. The number of nitrogens with one attached hydrogen (secondary N) is 1. The largest absolute Gasteiger partial charge is 0.508 e. The van der Waals surface area contributed by atoms with Crippen molar-refractivity contribution in [2.75, 3.05) is 6.79 Å². The molecule has 2 aromatic carbocycles. The van der Waals surface area contributed by atoms with Gasteiger partial charge in [0.2, 0.25) is 6.79 Å². The highest BCUT2D eigenvalue weighted by atomic mass is 16.7. The first-order chi connectivity index (χ1) is 11.5. The highest BCUT2D eigenvalue weighted by molar-refractivity contribution is 5.49. The second kappa shape index (κ2) is 6.39. The highest BCUT2D eigenvalue weighted by Crippen LogP contribution is 2.39. The number of hydrogen-bond donors (Lipinski definition) is 3. The first-order valence-corrected chi connectivity index (χ1v) is 7.80. The van der Waals surface area contributed by atoms with E-state index in [4.69, 9.17) is 15.0 Å². The molecule has 0 amide bonds. The lowest BCUT2D eigenvalue weighted by Crippen LogP contribution is -2.02. The van der Waals surface area contributed by atoms with Crippen LogP contribution in [-0.2, 0) is 6.42 Å². The van der Waals surface area contributed by atoms with E-state index >= 15 is 0 Å². The molecular formula is C18H20N2O4. The Morgan fingerprint density at radius 1 is 1.04 bits per heavy atom. The van der Waals surface area contributed by atoms with Crippen molar-refractivity contribution in [1.82, 2.24) is 0 Å². The van der Waals surface area contributed by atoms with Crippen molar-refractivity contribution < 1.29 is 19.7 Å². The minimum absolute atomic E-state index is 0.0538. The van der Waals surface area contributed by atoms with Crippen molar-refractivity contribution in [3.63, 3.8) is 0 Å². The van der Waals surface area contributed by atoms with Crippen molar-refractivity contribution in [3.8, 4) is 23.0 Å². The van der Waals surface area contributed by atoms with E-state index in [1.165, 1.54) is 6.07 Å². The second-order valence-corrected chi connectivity index (χ2v) is 6.16. The Morgan fingerprint density at radius 3 is 2.46 bits per heavy atom. The number of fused-ring (bicyclic) bond motifs is 1. The molecule has 1 heterocycles. The fraction of sp³-hybridized carbons (Fsp3) is 0.333. The maximum absolute atomic E-state index is 10.2. The van der Waals surface area contributed by atoms with Gasteiger partial charge in [-0.15, -0.1) is 0 Å². The summed E-state index contributed by atoms with van der Waals surface area (Å²) in [5.41, 5.74) is 9.71. The van der Waals surface area contributed by atoms with Crippen molar-refractivity contribution in [2.45, 2.75) is 32.2 Å². The van der Waals surface area contributed by atoms with Gasteiger partial charge in [-0.1, -0.05) is 19.9 Å². The molecule has 0 saturated carbocycles. The predicted octanol–water partition coefficient (Wildman–Crippen LogP) is 4.26. The van der Waals surface area contributed by atoms with E-state index in [1.807, 2.05) is 32.0 Å². The monoisotopic (exact) mass is 328 g/mol. The molecule has 1 unspecified atom stereocenters. The molecule has 6 heteroatoms. The zero-order chi connectivity index (χ0) is 17.3. The Labute approximate surface area is 140 Å². The number of benzene rings is 2. The van der Waals surface area contributed by atoms with Crippen LogP contribution in [0.2, 0.25) is 0 Å². The average molecular weight is 328 g/mol. The van der Waals surface area contributed by atoms with E-state index in [1.54, 1.807) is 6.07 Å². The molecule has 24 heavy (non-hydrogen) atoms. The van der Waals surface area contributed by atoms with E-state index in [9.17, 15) is 10.2 Å². The molecule has 1 aliphatic heterocycles. The molecule has 0 aliphatic carbocycles. The van der Waals surface area contributed by atoms with Gasteiger partial charge in [0.15, 0.2) is 11.5 Å². The number of aromatic hydroxyl groups is 2. The molecule has 0 fully saturated rings. The molecular weight excluding hydrogens is 308 g/mol. The van der Waals surface area contributed by atoms with Crippen LogP contribution in [0.4, 0.5) is 0 Å². The van der Waals surface area contributed by atoms with Crippen LogP contribution in [0.25, 0.3) is 0 Å². The van der Waals surface area contributed by atoms with E-state index in [-0.39, 0.29) is 24.2 Å². The normalized spacial score (nSPS) is 14.0. The van der Waals surface area contributed by atoms with Crippen LogP contribution in [-0.4, -0.2) is 17.0 Å². The number of phenolic OH excluding ortho intramolecular Hbond substituents is 2. The maximum Gasteiger partial charge on any atom is 0.231 e. The van der Waals surface area contributed by atoms with Crippen LogP contribution in [0.3, 0.4) is 0 Å². The molecule has 0 bridgehead atoms. The summed E-state index contributed by atoms with van der Waals surface area (Å²) in [5, 5.41) is 23.8. The first-order valence-electron chi connectivity index (χ1n) is 7.80. The SMILES string of the molecule is CC(C)c1cc(C(Cc2ccc3c(c2)OCO3)N=N)c(O)cc1O. The summed E-state index contributed by atoms with van der Waals surface area (Å²) in [6, 6.07) is 8.10. The quantitative estimate of drug-likeness (QED) is 0.714. The van der Waals surface area contributed by atoms with E-state index in [0.717, 1.165) is 11.1 Å². The van der Waals surface area contributed by atoms with Gasteiger partial charge >= 0.3 is 0 Å². The van der Waals surface area contributed by atoms with Gasteiger partial charge in [0.05, 0.1) is 0 Å². The van der Waals surface area contributed by atoms with Crippen molar-refractivity contribution in [2.24, 2.45) is 5.11 Å². The van der Waals surface area contributed by atoms with Gasteiger partial charge in [0.1, 0.15) is 17.5 Å². The average Bonchev–Trinajstić information content (AvgIpc) is 3.00. The Kier molecular flexibility index (Phi) is 4.29. The number of hydrogen-bond acceptors (Lipinski definition) is 6. The molecule has 0 aromatic heterocycles. The Balaban J connectivity index is 1.91. The number of ether oxygens (including phenoxy) is 2. The number of rotatable bonds is 5. The zero-order valence-corrected chi connectivity index (χ0v) is 13.6. The van der Waals surface area contributed by atoms with Crippen LogP contribution in [0.1, 0.15) is 42.5 Å². The van der Waals surface area contributed by atoms with Gasteiger partial charge in [-0.25, -0.2) is 5.53 Å². The summed E-state index contributed by atoms with van der Waals surface area (Å²) >= 11 is 0. The van der Waals surface area contributed by atoms with E-state index in [0.29, 0.717) is 23.5 Å². The molecule has 0 saturated heterocycles. The van der Waals surface area contributed by atoms with Crippen LogP contribution in [0.15, 0.2) is 35.4 Å². The van der Waals surface area contributed by atoms with Crippen LogP contribution < -0.4 is 9.47 Å². The summed E-state index contributed by atoms with van der Waals surface area (Å²) in [6.45, 7) is 4.13. The van der Waals surface area contributed by atoms with E-state index < -0.39 is 6.04 Å². The first kappa shape index (κ1) is 16.1. The van der Waals surface area contributed by atoms with Crippen molar-refractivity contribution >= 4 is 0 Å². The van der Waals surface area contributed by atoms with Gasteiger partial charge in [0.25, 0.3) is 0 Å². The van der Waals surface area contributed by atoms with Gasteiger partial charge in [-0.05, 0) is 35.2 Å². The minimum atomic E-state index is -0.538. The van der Waals surface area contributed by atoms with Gasteiger partial charge in [-0.3, -0.25) is 0 Å². The highest BCUT2D eigenvalue weighted by Gasteiger charge is 2.21. The molecule has 3 N–H and O–H groups in total. The lowest BCUT2D eigenvalue weighted by atomic mass is 9.93. The topological polar surface area (TPSA) is 95.1 Å². The lowest BCUT2D eigenvalue weighted by Gasteiger charge is -2.17. The van der Waals surface area contributed by atoms with Gasteiger partial charge in [-0.2, -0.15) is 5.11 Å². The maximum atomic E-state index is 10.2. The van der Waals surface area contributed by atoms with Crippen molar-refractivity contribution in [1.29, 1.82) is 5.53 Å². The fourth-order valence-electron chi connectivity index (χ4n) is 2.86. The zero-order valence-electron chi connectivity index (χ0n) is 13.6. The van der Waals surface area contributed by atoms with Crippen molar-refractivity contribution in [3.05, 3.63) is 47.0 Å². The van der Waals surface area contributed by atoms with Gasteiger partial charge in [0, 0.05) is 18.1 Å². The van der Waals surface area contributed by atoms with E-state index in [2.05, 4.69) is 5.11 Å². The summed E-state index contributed by atoms with van der Waals surface area (Å²) in [4.78, 5) is 0. The minimum Gasteiger partial charge on any atom is -0.508 e. The predicted molar refractivity (Wildman–Crippen MR) is 88.0 cm³/mol. The lowest BCUT2D eigenvalue weighted by molar-refractivity contribution is 0.174. The molecule has 126 valence electrons.